The van der Waals surface area contributed by atoms with Crippen molar-refractivity contribution in [2.24, 2.45) is 5.92 Å². The topological polar surface area (TPSA) is 57.6 Å². The van der Waals surface area contributed by atoms with Crippen LogP contribution in [0.15, 0.2) is 22.7 Å². The number of hydrogen-bond acceptors (Lipinski definition) is 2. The molecule has 0 bridgehead atoms. The third-order valence-corrected chi connectivity index (χ3v) is 4.38. The first-order valence-corrected chi connectivity index (χ1v) is 7.73. The van der Waals surface area contributed by atoms with E-state index in [1.165, 1.54) is 12.1 Å². The molecular weight excluding hydrogens is 341 g/mol. The van der Waals surface area contributed by atoms with Crippen molar-refractivity contribution in [2.45, 2.75) is 25.7 Å². The van der Waals surface area contributed by atoms with Crippen LogP contribution in [-0.2, 0) is 4.79 Å². The highest BCUT2D eigenvalue weighted by Crippen LogP contribution is 2.23. The van der Waals surface area contributed by atoms with Crippen LogP contribution >= 0.6 is 15.9 Å². The molecule has 21 heavy (non-hydrogen) atoms. The molecule has 2 rings (SSSR count). The lowest BCUT2D eigenvalue weighted by Crippen LogP contribution is -2.40. The first-order chi connectivity index (χ1) is 9.97. The SMILES string of the molecule is O=C(O)CCC1CCCN(C(=O)c2ccc(Br)c(F)c2)C1. The van der Waals surface area contributed by atoms with Crippen molar-refractivity contribution in [1.29, 1.82) is 0 Å². The van der Waals surface area contributed by atoms with E-state index in [0.717, 1.165) is 12.8 Å². The van der Waals surface area contributed by atoms with Gasteiger partial charge >= 0.3 is 5.97 Å². The van der Waals surface area contributed by atoms with Gasteiger partial charge in [0.1, 0.15) is 5.82 Å². The van der Waals surface area contributed by atoms with E-state index in [2.05, 4.69) is 15.9 Å². The Morgan fingerprint density at radius 3 is 2.86 bits per heavy atom. The molecule has 1 aliphatic rings. The van der Waals surface area contributed by atoms with Gasteiger partial charge < -0.3 is 10.0 Å². The maximum atomic E-state index is 13.5. The van der Waals surface area contributed by atoms with E-state index < -0.39 is 11.8 Å². The number of hydrogen-bond donors (Lipinski definition) is 1. The summed E-state index contributed by atoms with van der Waals surface area (Å²) < 4.78 is 13.8. The second kappa shape index (κ2) is 7.02. The summed E-state index contributed by atoms with van der Waals surface area (Å²) in [7, 11) is 0. The van der Waals surface area contributed by atoms with Crippen LogP contribution in [0.3, 0.4) is 0 Å². The van der Waals surface area contributed by atoms with Crippen LogP contribution in [0.2, 0.25) is 0 Å². The molecule has 1 saturated heterocycles. The van der Waals surface area contributed by atoms with Gasteiger partial charge in [0.2, 0.25) is 0 Å². The van der Waals surface area contributed by atoms with E-state index in [1.54, 1.807) is 11.0 Å². The molecule has 114 valence electrons. The van der Waals surface area contributed by atoms with Crippen molar-refractivity contribution in [3.63, 3.8) is 0 Å². The van der Waals surface area contributed by atoms with Crippen LogP contribution < -0.4 is 0 Å². The van der Waals surface area contributed by atoms with Crippen LogP contribution in [-0.4, -0.2) is 35.0 Å². The number of benzene rings is 1. The zero-order valence-corrected chi connectivity index (χ0v) is 13.1. The summed E-state index contributed by atoms with van der Waals surface area (Å²) in [5, 5.41) is 8.73. The molecule has 0 aromatic heterocycles. The fourth-order valence-corrected chi connectivity index (χ4v) is 2.87. The lowest BCUT2D eigenvalue weighted by molar-refractivity contribution is -0.137. The summed E-state index contributed by atoms with van der Waals surface area (Å²) in [5.74, 6) is -1.26. The largest absolute Gasteiger partial charge is 0.481 e. The van der Waals surface area contributed by atoms with Crippen molar-refractivity contribution in [1.82, 2.24) is 4.90 Å². The third-order valence-electron chi connectivity index (χ3n) is 3.74. The molecule has 1 aromatic carbocycles. The number of carboxylic acid groups (broad SMARTS) is 1. The first-order valence-electron chi connectivity index (χ1n) is 6.93. The maximum absolute atomic E-state index is 13.5. The highest BCUT2D eigenvalue weighted by atomic mass is 79.9. The first kappa shape index (κ1) is 15.9. The predicted octanol–water partition coefficient (Wildman–Crippen LogP) is 3.31. The van der Waals surface area contributed by atoms with Crippen molar-refractivity contribution in [2.75, 3.05) is 13.1 Å². The van der Waals surface area contributed by atoms with Gasteiger partial charge in [-0.05, 0) is 59.3 Å². The van der Waals surface area contributed by atoms with Gasteiger partial charge in [0.15, 0.2) is 0 Å². The number of carbonyl (C=O) groups is 2. The van der Waals surface area contributed by atoms with Crippen LogP contribution in [0.5, 0.6) is 0 Å². The van der Waals surface area contributed by atoms with Crippen molar-refractivity contribution in [3.8, 4) is 0 Å². The summed E-state index contributed by atoms with van der Waals surface area (Å²) in [5.41, 5.74) is 0.328. The summed E-state index contributed by atoms with van der Waals surface area (Å²) in [6.07, 6.45) is 2.49. The zero-order chi connectivity index (χ0) is 15.4. The Kier molecular flexibility index (Phi) is 5.33. The number of likely N-dealkylation sites (tertiary alicyclic amines) is 1. The van der Waals surface area contributed by atoms with E-state index in [4.69, 9.17) is 5.11 Å². The average Bonchev–Trinajstić information content (AvgIpc) is 2.47. The fraction of sp³-hybridized carbons (Fsp3) is 0.467. The second-order valence-electron chi connectivity index (χ2n) is 5.32. The van der Waals surface area contributed by atoms with E-state index >= 15 is 0 Å². The van der Waals surface area contributed by atoms with Gasteiger partial charge in [0.25, 0.3) is 5.91 Å². The van der Waals surface area contributed by atoms with Gasteiger partial charge in [-0.2, -0.15) is 0 Å². The second-order valence-corrected chi connectivity index (χ2v) is 6.18. The minimum absolute atomic E-state index is 0.125. The number of carbonyl (C=O) groups excluding carboxylic acids is 1. The fourth-order valence-electron chi connectivity index (χ4n) is 2.62. The summed E-state index contributed by atoms with van der Waals surface area (Å²) >= 11 is 3.06. The molecule has 1 unspecified atom stereocenters. The molecule has 0 saturated carbocycles. The molecular formula is C15H17BrFNO3. The molecule has 6 heteroatoms. The lowest BCUT2D eigenvalue weighted by atomic mass is 9.93. The summed E-state index contributed by atoms with van der Waals surface area (Å²) in [4.78, 5) is 24.7. The molecule has 0 spiro atoms. The molecule has 1 heterocycles. The molecule has 1 amide bonds. The molecule has 4 nitrogen and oxygen atoms in total. The van der Waals surface area contributed by atoms with Gasteiger partial charge in [0.05, 0.1) is 4.47 Å². The Balaban J connectivity index is 2.01. The van der Waals surface area contributed by atoms with Crippen LogP contribution in [0.25, 0.3) is 0 Å². The number of nitrogens with zero attached hydrogens (tertiary/aromatic N) is 1. The molecule has 0 aliphatic carbocycles. The van der Waals surface area contributed by atoms with Gasteiger partial charge in [-0.25, -0.2) is 4.39 Å². The number of carboxylic acids is 1. The summed E-state index contributed by atoms with van der Waals surface area (Å²) in [6, 6.07) is 4.35. The minimum atomic E-state index is -0.812. The minimum Gasteiger partial charge on any atom is -0.481 e. The highest BCUT2D eigenvalue weighted by Gasteiger charge is 2.25. The third kappa shape index (κ3) is 4.27. The summed E-state index contributed by atoms with van der Waals surface area (Å²) in [6.45, 7) is 1.18. The van der Waals surface area contributed by atoms with Gasteiger partial charge in [-0.15, -0.1) is 0 Å². The maximum Gasteiger partial charge on any atom is 0.303 e. The number of rotatable bonds is 4. The molecule has 0 radical (unpaired) electrons. The van der Waals surface area contributed by atoms with E-state index in [-0.39, 0.29) is 18.2 Å². The van der Waals surface area contributed by atoms with Gasteiger partial charge in [-0.3, -0.25) is 9.59 Å². The Labute approximate surface area is 131 Å². The Morgan fingerprint density at radius 2 is 2.19 bits per heavy atom. The van der Waals surface area contributed by atoms with Crippen molar-refractivity contribution < 1.29 is 19.1 Å². The van der Waals surface area contributed by atoms with E-state index in [0.29, 0.717) is 29.5 Å². The smallest absolute Gasteiger partial charge is 0.303 e. The lowest BCUT2D eigenvalue weighted by Gasteiger charge is -2.32. The van der Waals surface area contributed by atoms with Gasteiger partial charge in [0, 0.05) is 25.1 Å². The monoisotopic (exact) mass is 357 g/mol. The van der Waals surface area contributed by atoms with Crippen LogP contribution in [0.4, 0.5) is 4.39 Å². The van der Waals surface area contributed by atoms with Crippen LogP contribution in [0, 0.1) is 11.7 Å². The molecule has 1 fully saturated rings. The molecule has 1 aliphatic heterocycles. The highest BCUT2D eigenvalue weighted by molar-refractivity contribution is 9.10. The van der Waals surface area contributed by atoms with Crippen molar-refractivity contribution >= 4 is 27.8 Å². The van der Waals surface area contributed by atoms with E-state index in [1.807, 2.05) is 0 Å². The Bertz CT molecular complexity index is 550. The number of aliphatic carboxylic acids is 1. The van der Waals surface area contributed by atoms with Gasteiger partial charge in [-0.1, -0.05) is 0 Å². The molecule has 1 N–H and O–H groups in total. The number of piperidine rings is 1. The Morgan fingerprint density at radius 1 is 1.43 bits per heavy atom. The van der Waals surface area contributed by atoms with E-state index in [9.17, 15) is 14.0 Å². The Hall–Kier alpha value is -1.43. The zero-order valence-electron chi connectivity index (χ0n) is 11.5. The number of halogens is 2. The quantitative estimate of drug-likeness (QED) is 0.899. The number of amides is 1. The van der Waals surface area contributed by atoms with Crippen LogP contribution in [0.1, 0.15) is 36.0 Å². The molecule has 1 atom stereocenters. The average molecular weight is 358 g/mol. The normalized spacial score (nSPS) is 18.6. The van der Waals surface area contributed by atoms with Crippen molar-refractivity contribution in [3.05, 3.63) is 34.1 Å². The predicted molar refractivity (Wildman–Crippen MR) is 79.6 cm³/mol. The molecule has 1 aromatic rings. The standard InChI is InChI=1S/C15H17BrFNO3/c16-12-5-4-11(8-13(12)17)15(21)18-7-1-2-10(9-18)3-6-14(19)20/h4-5,8,10H,1-3,6-7,9H2,(H,19,20).